The first kappa shape index (κ1) is 12.8. The van der Waals surface area contributed by atoms with Gasteiger partial charge in [0, 0.05) is 18.5 Å². The van der Waals surface area contributed by atoms with E-state index in [1.165, 1.54) is 19.3 Å². The van der Waals surface area contributed by atoms with E-state index in [4.69, 9.17) is 5.73 Å². The lowest BCUT2D eigenvalue weighted by atomic mass is 10.1. The molecule has 4 nitrogen and oxygen atoms in total. The maximum Gasteiger partial charge on any atom is 0.0859 e. The van der Waals surface area contributed by atoms with Gasteiger partial charge < -0.3 is 11.1 Å². The van der Waals surface area contributed by atoms with E-state index in [9.17, 15) is 0 Å². The minimum atomic E-state index is 0.527. The van der Waals surface area contributed by atoms with Gasteiger partial charge in [0.05, 0.1) is 17.9 Å². The lowest BCUT2D eigenvalue weighted by Gasteiger charge is -2.21. The molecule has 1 saturated heterocycles. The maximum atomic E-state index is 5.91. The van der Waals surface area contributed by atoms with Crippen molar-refractivity contribution in [3.05, 3.63) is 36.2 Å². The highest BCUT2D eigenvalue weighted by molar-refractivity contribution is 5.82. The van der Waals surface area contributed by atoms with Crippen molar-refractivity contribution < 1.29 is 0 Å². The van der Waals surface area contributed by atoms with Gasteiger partial charge in [-0.15, -0.1) is 0 Å². The number of pyridine rings is 1. The number of hydrogen-bond acceptors (Lipinski definition) is 4. The van der Waals surface area contributed by atoms with Crippen molar-refractivity contribution in [2.75, 3.05) is 13.1 Å². The van der Waals surface area contributed by atoms with Gasteiger partial charge in [-0.3, -0.25) is 9.98 Å². The Bertz CT molecular complexity index is 405. The van der Waals surface area contributed by atoms with E-state index in [1.807, 2.05) is 24.3 Å². The highest BCUT2D eigenvalue weighted by atomic mass is 14.9. The van der Waals surface area contributed by atoms with E-state index < -0.39 is 0 Å². The molecule has 0 aliphatic carbocycles. The smallest absolute Gasteiger partial charge is 0.0859 e. The quantitative estimate of drug-likeness (QED) is 0.791. The monoisotopic (exact) mass is 244 g/mol. The molecular weight excluding hydrogens is 224 g/mol. The maximum absolute atomic E-state index is 5.91. The molecule has 0 unspecified atom stereocenters. The number of rotatable bonds is 4. The van der Waals surface area contributed by atoms with Gasteiger partial charge in [0.15, 0.2) is 0 Å². The Morgan fingerprint density at radius 3 is 3.17 bits per heavy atom. The number of piperidine rings is 1. The number of nitrogens with zero attached hydrogens (tertiary/aromatic N) is 2. The van der Waals surface area contributed by atoms with Gasteiger partial charge in [0.1, 0.15) is 0 Å². The van der Waals surface area contributed by atoms with Gasteiger partial charge in [0.25, 0.3) is 0 Å². The third-order valence-electron chi connectivity index (χ3n) is 3.06. The average molecular weight is 244 g/mol. The third kappa shape index (κ3) is 3.96. The molecule has 4 heteroatoms. The average Bonchev–Trinajstić information content (AvgIpc) is 2.45. The molecule has 1 aliphatic rings. The summed E-state index contributed by atoms with van der Waals surface area (Å²) in [6.07, 6.45) is 9.13. The molecule has 1 atom stereocenters. The Kier molecular flexibility index (Phi) is 4.90. The van der Waals surface area contributed by atoms with Crippen LogP contribution in [0.3, 0.4) is 0 Å². The zero-order valence-electron chi connectivity index (χ0n) is 10.5. The third-order valence-corrected chi connectivity index (χ3v) is 3.06. The van der Waals surface area contributed by atoms with Crippen LogP contribution in [-0.2, 0) is 0 Å². The molecule has 0 bridgehead atoms. The minimum absolute atomic E-state index is 0.527. The van der Waals surface area contributed by atoms with Crippen LogP contribution >= 0.6 is 0 Å². The number of nitrogens with two attached hydrogens (primary N) is 1. The van der Waals surface area contributed by atoms with Crippen LogP contribution in [-0.4, -0.2) is 30.3 Å². The molecule has 2 heterocycles. The Hall–Kier alpha value is -1.68. The fraction of sp³-hybridized carbons (Fsp3) is 0.429. The molecule has 0 spiro atoms. The van der Waals surface area contributed by atoms with E-state index >= 15 is 0 Å². The van der Waals surface area contributed by atoms with Crippen LogP contribution in [0.4, 0.5) is 0 Å². The molecule has 0 radical (unpaired) electrons. The summed E-state index contributed by atoms with van der Waals surface area (Å²) in [6.45, 7) is 1.94. The second kappa shape index (κ2) is 6.91. The summed E-state index contributed by atoms with van der Waals surface area (Å²) < 4.78 is 0. The molecular formula is C14H20N4. The standard InChI is InChI=1S/C14H20N4/c15-13(14-6-2-4-9-18-14)7-10-16-11-12-5-1-3-8-17-12/h2,4,6-7,9-10,12,17H,1,3,5,8,11,15H2/b13-7-,16-10?/t12-/m0/s1. The van der Waals surface area contributed by atoms with Gasteiger partial charge in [-0.2, -0.15) is 0 Å². The Balaban J connectivity index is 1.82. The van der Waals surface area contributed by atoms with Crippen molar-refractivity contribution in [1.82, 2.24) is 10.3 Å². The van der Waals surface area contributed by atoms with E-state index in [0.717, 1.165) is 18.8 Å². The number of aromatic nitrogens is 1. The zero-order valence-corrected chi connectivity index (χ0v) is 10.5. The fourth-order valence-corrected chi connectivity index (χ4v) is 2.02. The van der Waals surface area contributed by atoms with E-state index in [2.05, 4.69) is 15.3 Å². The molecule has 1 aliphatic heterocycles. The summed E-state index contributed by atoms with van der Waals surface area (Å²) in [7, 11) is 0. The number of hydrogen-bond donors (Lipinski definition) is 2. The highest BCUT2D eigenvalue weighted by Crippen LogP contribution is 2.07. The largest absolute Gasteiger partial charge is 0.397 e. The summed E-state index contributed by atoms with van der Waals surface area (Å²) in [4.78, 5) is 8.57. The Morgan fingerprint density at radius 2 is 2.44 bits per heavy atom. The molecule has 0 saturated carbocycles. The van der Waals surface area contributed by atoms with Crippen LogP contribution in [0.15, 0.2) is 35.5 Å². The molecule has 18 heavy (non-hydrogen) atoms. The normalized spacial score (nSPS) is 21.3. The van der Waals surface area contributed by atoms with Crippen molar-refractivity contribution in [3.8, 4) is 0 Å². The summed E-state index contributed by atoms with van der Waals surface area (Å²) >= 11 is 0. The number of allylic oxidation sites excluding steroid dienone is 1. The van der Waals surface area contributed by atoms with Crippen LogP contribution in [0.5, 0.6) is 0 Å². The molecule has 3 N–H and O–H groups in total. The lowest BCUT2D eigenvalue weighted by Crippen LogP contribution is -2.36. The van der Waals surface area contributed by atoms with Gasteiger partial charge in [-0.25, -0.2) is 0 Å². The second-order valence-corrected chi connectivity index (χ2v) is 4.50. The summed E-state index contributed by atoms with van der Waals surface area (Å²) in [5, 5.41) is 3.46. The lowest BCUT2D eigenvalue weighted by molar-refractivity contribution is 0.408. The van der Waals surface area contributed by atoms with Gasteiger partial charge in [-0.1, -0.05) is 12.5 Å². The van der Waals surface area contributed by atoms with Crippen LogP contribution in [0, 0.1) is 0 Å². The predicted molar refractivity (Wildman–Crippen MR) is 75.4 cm³/mol. The van der Waals surface area contributed by atoms with Crippen LogP contribution < -0.4 is 11.1 Å². The van der Waals surface area contributed by atoms with Crippen molar-refractivity contribution in [1.29, 1.82) is 0 Å². The van der Waals surface area contributed by atoms with E-state index in [1.54, 1.807) is 12.4 Å². The van der Waals surface area contributed by atoms with Crippen LogP contribution in [0.1, 0.15) is 25.0 Å². The summed E-state index contributed by atoms with van der Waals surface area (Å²) in [5.74, 6) is 0. The zero-order chi connectivity index (χ0) is 12.6. The molecule has 96 valence electrons. The predicted octanol–water partition coefficient (Wildman–Crippen LogP) is 1.59. The van der Waals surface area contributed by atoms with Crippen molar-refractivity contribution in [2.45, 2.75) is 25.3 Å². The molecule has 1 aromatic rings. The van der Waals surface area contributed by atoms with Gasteiger partial charge in [0.2, 0.25) is 0 Å². The second-order valence-electron chi connectivity index (χ2n) is 4.50. The van der Waals surface area contributed by atoms with E-state index in [0.29, 0.717) is 11.7 Å². The molecule has 1 aromatic heterocycles. The van der Waals surface area contributed by atoms with E-state index in [-0.39, 0.29) is 0 Å². The van der Waals surface area contributed by atoms with Crippen LogP contribution in [0.25, 0.3) is 5.70 Å². The SMILES string of the molecule is N/C(=C\C=NC[C@@H]1CCCCN1)c1ccccn1. The minimum Gasteiger partial charge on any atom is -0.397 e. The topological polar surface area (TPSA) is 63.3 Å². The molecule has 0 amide bonds. The van der Waals surface area contributed by atoms with Crippen molar-refractivity contribution >= 4 is 11.9 Å². The Labute approximate surface area is 108 Å². The molecule has 0 aromatic carbocycles. The fourth-order valence-electron chi connectivity index (χ4n) is 2.02. The molecule has 1 fully saturated rings. The van der Waals surface area contributed by atoms with Gasteiger partial charge in [-0.05, 0) is 37.6 Å². The van der Waals surface area contributed by atoms with Gasteiger partial charge >= 0.3 is 0 Å². The first-order valence-electron chi connectivity index (χ1n) is 6.46. The highest BCUT2D eigenvalue weighted by Gasteiger charge is 2.10. The molecule has 2 rings (SSSR count). The number of aliphatic imine (C=N–C) groups is 1. The Morgan fingerprint density at radius 1 is 1.50 bits per heavy atom. The van der Waals surface area contributed by atoms with Crippen LogP contribution in [0.2, 0.25) is 0 Å². The first-order valence-corrected chi connectivity index (χ1v) is 6.46. The number of nitrogens with one attached hydrogen (secondary N) is 1. The first-order chi connectivity index (χ1) is 8.86. The summed E-state index contributed by atoms with van der Waals surface area (Å²) in [6, 6.07) is 6.22. The van der Waals surface area contributed by atoms with Crippen molar-refractivity contribution in [3.63, 3.8) is 0 Å². The van der Waals surface area contributed by atoms with Crippen molar-refractivity contribution in [2.24, 2.45) is 10.7 Å². The summed E-state index contributed by atoms with van der Waals surface area (Å²) in [5.41, 5.74) is 7.35.